The van der Waals surface area contributed by atoms with Crippen LogP contribution in [-0.4, -0.2) is 18.5 Å². The maximum atomic E-state index is 12.2. The summed E-state index contributed by atoms with van der Waals surface area (Å²) in [4.78, 5) is 12.2. The summed E-state index contributed by atoms with van der Waals surface area (Å²) in [6, 6.07) is 10.1. The van der Waals surface area contributed by atoms with Crippen LogP contribution in [0.2, 0.25) is 0 Å². The van der Waals surface area contributed by atoms with Crippen LogP contribution >= 0.6 is 0 Å². The van der Waals surface area contributed by atoms with Gasteiger partial charge in [-0.2, -0.15) is 0 Å². The lowest BCUT2D eigenvalue weighted by Crippen LogP contribution is -2.48. The molecule has 2 N–H and O–H groups in total. The van der Waals surface area contributed by atoms with Gasteiger partial charge in [0.1, 0.15) is 0 Å². The Labute approximate surface area is 109 Å². The molecule has 1 saturated heterocycles. The minimum atomic E-state index is -0.0279. The Morgan fingerprint density at radius 2 is 2.11 bits per heavy atom. The van der Waals surface area contributed by atoms with Gasteiger partial charge < -0.3 is 10.6 Å². The van der Waals surface area contributed by atoms with Crippen LogP contribution in [0, 0.1) is 5.92 Å². The number of carbonyl (C=O) groups is 1. The van der Waals surface area contributed by atoms with Gasteiger partial charge >= 0.3 is 0 Å². The standard InChI is InChI=1S/C15H22N2O/c1-11-8-9-16-14(10-11)15(18)17-12(2)13-6-4-3-5-7-13/h3-7,11-12,14,16H,8-10H2,1-2H3,(H,17,18)/t11?,12-,14?/m1/s1. The fourth-order valence-electron chi connectivity index (χ4n) is 2.45. The number of amides is 1. The van der Waals surface area contributed by atoms with Crippen LogP contribution in [0.15, 0.2) is 30.3 Å². The Kier molecular flexibility index (Phi) is 4.37. The molecule has 3 heteroatoms. The first-order valence-electron chi connectivity index (χ1n) is 6.75. The summed E-state index contributed by atoms with van der Waals surface area (Å²) in [5, 5.41) is 6.38. The van der Waals surface area contributed by atoms with Gasteiger partial charge in [0.15, 0.2) is 0 Å². The van der Waals surface area contributed by atoms with Gasteiger partial charge in [0, 0.05) is 0 Å². The molecule has 0 bridgehead atoms. The van der Waals surface area contributed by atoms with Crippen molar-refractivity contribution in [2.75, 3.05) is 6.54 Å². The number of nitrogens with one attached hydrogen (secondary N) is 2. The topological polar surface area (TPSA) is 41.1 Å². The summed E-state index contributed by atoms with van der Waals surface area (Å²) >= 11 is 0. The molecule has 1 amide bonds. The zero-order chi connectivity index (χ0) is 13.0. The Hall–Kier alpha value is -1.35. The Morgan fingerprint density at radius 1 is 1.39 bits per heavy atom. The molecule has 1 heterocycles. The Bertz CT molecular complexity index is 391. The zero-order valence-corrected chi connectivity index (χ0v) is 11.1. The highest BCUT2D eigenvalue weighted by Gasteiger charge is 2.25. The van der Waals surface area contributed by atoms with Crippen LogP contribution in [0.5, 0.6) is 0 Å². The van der Waals surface area contributed by atoms with Gasteiger partial charge in [0.2, 0.25) is 5.91 Å². The monoisotopic (exact) mass is 246 g/mol. The molecule has 3 nitrogen and oxygen atoms in total. The SMILES string of the molecule is CC1CCNC(C(=O)N[C@H](C)c2ccccc2)C1. The average Bonchev–Trinajstić information content (AvgIpc) is 2.39. The molecule has 1 aliphatic heterocycles. The third-order valence-corrected chi connectivity index (χ3v) is 3.64. The molecule has 1 aliphatic rings. The zero-order valence-electron chi connectivity index (χ0n) is 11.1. The van der Waals surface area contributed by atoms with Crippen LogP contribution < -0.4 is 10.6 Å². The largest absolute Gasteiger partial charge is 0.348 e. The van der Waals surface area contributed by atoms with E-state index in [-0.39, 0.29) is 18.0 Å². The highest BCUT2D eigenvalue weighted by Crippen LogP contribution is 2.17. The summed E-state index contributed by atoms with van der Waals surface area (Å²) < 4.78 is 0. The van der Waals surface area contributed by atoms with Gasteiger partial charge in [0.25, 0.3) is 0 Å². The van der Waals surface area contributed by atoms with E-state index in [2.05, 4.69) is 17.6 Å². The van der Waals surface area contributed by atoms with Crippen molar-refractivity contribution in [1.29, 1.82) is 0 Å². The van der Waals surface area contributed by atoms with E-state index in [1.54, 1.807) is 0 Å². The lowest BCUT2D eigenvalue weighted by atomic mass is 9.93. The molecule has 1 aromatic rings. The fourth-order valence-corrected chi connectivity index (χ4v) is 2.45. The molecule has 1 fully saturated rings. The summed E-state index contributed by atoms with van der Waals surface area (Å²) in [5.41, 5.74) is 1.15. The highest BCUT2D eigenvalue weighted by atomic mass is 16.2. The van der Waals surface area contributed by atoms with Crippen molar-refractivity contribution in [1.82, 2.24) is 10.6 Å². The van der Waals surface area contributed by atoms with Crippen molar-refractivity contribution >= 4 is 5.91 Å². The van der Waals surface area contributed by atoms with E-state index in [9.17, 15) is 4.79 Å². The fraction of sp³-hybridized carbons (Fsp3) is 0.533. The van der Waals surface area contributed by atoms with E-state index in [1.807, 2.05) is 37.3 Å². The molecular formula is C15H22N2O. The summed E-state index contributed by atoms with van der Waals surface area (Å²) in [6.45, 7) is 5.18. The summed E-state index contributed by atoms with van der Waals surface area (Å²) in [6.07, 6.45) is 2.10. The molecule has 3 atom stereocenters. The van der Waals surface area contributed by atoms with E-state index in [4.69, 9.17) is 0 Å². The molecule has 18 heavy (non-hydrogen) atoms. The number of hydrogen-bond donors (Lipinski definition) is 2. The quantitative estimate of drug-likeness (QED) is 0.859. The molecule has 0 aromatic heterocycles. The molecule has 98 valence electrons. The van der Waals surface area contributed by atoms with Gasteiger partial charge in [-0.25, -0.2) is 0 Å². The molecule has 0 saturated carbocycles. The van der Waals surface area contributed by atoms with Crippen molar-refractivity contribution in [2.24, 2.45) is 5.92 Å². The maximum absolute atomic E-state index is 12.2. The van der Waals surface area contributed by atoms with Gasteiger partial charge in [-0.05, 0) is 37.8 Å². The maximum Gasteiger partial charge on any atom is 0.237 e. The number of rotatable bonds is 3. The molecule has 2 unspecified atom stereocenters. The van der Waals surface area contributed by atoms with Gasteiger partial charge in [-0.3, -0.25) is 4.79 Å². The van der Waals surface area contributed by atoms with Crippen molar-refractivity contribution in [3.05, 3.63) is 35.9 Å². The van der Waals surface area contributed by atoms with Gasteiger partial charge in [0.05, 0.1) is 12.1 Å². The molecule has 0 spiro atoms. The van der Waals surface area contributed by atoms with Crippen molar-refractivity contribution in [3.8, 4) is 0 Å². The highest BCUT2D eigenvalue weighted by molar-refractivity contribution is 5.82. The van der Waals surface area contributed by atoms with E-state index >= 15 is 0 Å². The van der Waals surface area contributed by atoms with E-state index < -0.39 is 0 Å². The van der Waals surface area contributed by atoms with Crippen molar-refractivity contribution < 1.29 is 4.79 Å². The second kappa shape index (κ2) is 6.01. The summed E-state index contributed by atoms with van der Waals surface area (Å²) in [7, 11) is 0. The second-order valence-corrected chi connectivity index (χ2v) is 5.28. The number of hydrogen-bond acceptors (Lipinski definition) is 2. The molecular weight excluding hydrogens is 224 g/mol. The van der Waals surface area contributed by atoms with E-state index in [1.165, 1.54) is 0 Å². The number of carbonyl (C=O) groups excluding carboxylic acids is 1. The van der Waals surface area contributed by atoms with Crippen LogP contribution in [0.4, 0.5) is 0 Å². The minimum Gasteiger partial charge on any atom is -0.348 e. The van der Waals surface area contributed by atoms with Crippen molar-refractivity contribution in [3.63, 3.8) is 0 Å². The van der Waals surface area contributed by atoms with E-state index in [0.29, 0.717) is 5.92 Å². The molecule has 1 aromatic carbocycles. The number of piperidine rings is 1. The van der Waals surface area contributed by atoms with Crippen LogP contribution in [0.3, 0.4) is 0 Å². The smallest absolute Gasteiger partial charge is 0.237 e. The average molecular weight is 246 g/mol. The van der Waals surface area contributed by atoms with Crippen LogP contribution in [0.1, 0.15) is 38.3 Å². The third kappa shape index (κ3) is 3.33. The van der Waals surface area contributed by atoms with Crippen LogP contribution in [-0.2, 0) is 4.79 Å². The van der Waals surface area contributed by atoms with Gasteiger partial charge in [-0.1, -0.05) is 37.3 Å². The van der Waals surface area contributed by atoms with Gasteiger partial charge in [-0.15, -0.1) is 0 Å². The predicted molar refractivity (Wildman–Crippen MR) is 73.2 cm³/mol. The molecule has 2 rings (SSSR count). The van der Waals surface area contributed by atoms with E-state index in [0.717, 1.165) is 24.9 Å². The normalized spacial score (nSPS) is 25.4. The van der Waals surface area contributed by atoms with Crippen molar-refractivity contribution in [2.45, 2.75) is 38.8 Å². The predicted octanol–water partition coefficient (Wildman–Crippen LogP) is 2.25. The Morgan fingerprint density at radius 3 is 2.78 bits per heavy atom. The first-order chi connectivity index (χ1) is 8.66. The lowest BCUT2D eigenvalue weighted by Gasteiger charge is -2.28. The lowest BCUT2D eigenvalue weighted by molar-refractivity contribution is -0.124. The molecule has 0 aliphatic carbocycles. The second-order valence-electron chi connectivity index (χ2n) is 5.28. The first-order valence-corrected chi connectivity index (χ1v) is 6.75. The molecule has 0 radical (unpaired) electrons. The van der Waals surface area contributed by atoms with Crippen LogP contribution in [0.25, 0.3) is 0 Å². The minimum absolute atomic E-state index is 0.0279. The third-order valence-electron chi connectivity index (χ3n) is 3.64. The summed E-state index contributed by atoms with van der Waals surface area (Å²) in [5.74, 6) is 0.756. The number of benzene rings is 1. The first kappa shape index (κ1) is 13.1. The Balaban J connectivity index is 1.91.